The number of amides is 1. The van der Waals surface area contributed by atoms with E-state index in [1.807, 2.05) is 13.8 Å². The minimum atomic E-state index is -0.349. The van der Waals surface area contributed by atoms with Crippen LogP contribution < -0.4 is 5.73 Å². The molecular formula is C15H20FNO. The van der Waals surface area contributed by atoms with E-state index in [-0.39, 0.29) is 24.1 Å². The lowest BCUT2D eigenvalue weighted by atomic mass is 9.89. The summed E-state index contributed by atoms with van der Waals surface area (Å²) >= 11 is 0. The van der Waals surface area contributed by atoms with E-state index in [2.05, 4.69) is 6.92 Å². The first-order valence-corrected chi connectivity index (χ1v) is 6.50. The molecule has 0 heterocycles. The first kappa shape index (κ1) is 13.1. The second-order valence-corrected chi connectivity index (χ2v) is 5.68. The standard InChI is InChI=1S/C15H20FNO/c1-8(2)11-5-10(16)6-13(12-4-9(12)3)14(11)7-15(17)18/h5-6,8-9,12H,4,7H2,1-3H3,(H2,17,18). The summed E-state index contributed by atoms with van der Waals surface area (Å²) in [6.07, 6.45) is 1.29. The lowest BCUT2D eigenvalue weighted by Crippen LogP contribution is -2.17. The van der Waals surface area contributed by atoms with Crippen LogP contribution in [0, 0.1) is 11.7 Å². The summed E-state index contributed by atoms with van der Waals surface area (Å²) < 4.78 is 13.7. The Bertz CT molecular complexity index is 482. The quantitative estimate of drug-likeness (QED) is 0.875. The van der Waals surface area contributed by atoms with Gasteiger partial charge in [0.05, 0.1) is 6.42 Å². The second-order valence-electron chi connectivity index (χ2n) is 5.68. The molecule has 2 nitrogen and oxygen atoms in total. The molecule has 0 radical (unpaired) electrons. The van der Waals surface area contributed by atoms with E-state index in [9.17, 15) is 9.18 Å². The lowest BCUT2D eigenvalue weighted by Gasteiger charge is -2.17. The third-order valence-corrected chi connectivity index (χ3v) is 3.77. The normalized spacial score (nSPS) is 22.3. The van der Waals surface area contributed by atoms with Crippen LogP contribution in [-0.4, -0.2) is 5.91 Å². The second kappa shape index (κ2) is 4.71. The molecule has 1 fully saturated rings. The molecule has 1 aliphatic carbocycles. The third-order valence-electron chi connectivity index (χ3n) is 3.77. The van der Waals surface area contributed by atoms with Gasteiger partial charge < -0.3 is 5.73 Å². The third kappa shape index (κ3) is 2.55. The molecule has 0 aliphatic heterocycles. The monoisotopic (exact) mass is 249 g/mol. The van der Waals surface area contributed by atoms with Crippen molar-refractivity contribution in [3.63, 3.8) is 0 Å². The van der Waals surface area contributed by atoms with Crippen molar-refractivity contribution in [2.75, 3.05) is 0 Å². The molecule has 1 saturated carbocycles. The Hall–Kier alpha value is -1.38. The maximum absolute atomic E-state index is 13.7. The van der Waals surface area contributed by atoms with Gasteiger partial charge in [0.15, 0.2) is 0 Å². The Morgan fingerprint density at radius 1 is 1.50 bits per heavy atom. The number of benzene rings is 1. The van der Waals surface area contributed by atoms with Gasteiger partial charge in [0.1, 0.15) is 5.82 Å². The lowest BCUT2D eigenvalue weighted by molar-refractivity contribution is -0.117. The van der Waals surface area contributed by atoms with Crippen LogP contribution in [0.3, 0.4) is 0 Å². The Balaban J connectivity index is 2.51. The maximum Gasteiger partial charge on any atom is 0.221 e. The van der Waals surface area contributed by atoms with Gasteiger partial charge in [0.2, 0.25) is 5.91 Å². The number of hydrogen-bond donors (Lipinski definition) is 1. The highest BCUT2D eigenvalue weighted by molar-refractivity contribution is 5.77. The molecule has 2 rings (SSSR count). The summed E-state index contributed by atoms with van der Waals surface area (Å²) in [6, 6.07) is 3.12. The van der Waals surface area contributed by atoms with Crippen molar-refractivity contribution in [1.29, 1.82) is 0 Å². The van der Waals surface area contributed by atoms with E-state index >= 15 is 0 Å². The van der Waals surface area contributed by atoms with Crippen LogP contribution in [0.25, 0.3) is 0 Å². The predicted octanol–water partition coefficient (Wildman–Crippen LogP) is 3.10. The number of primary amides is 1. The van der Waals surface area contributed by atoms with Gasteiger partial charge in [-0.05, 0) is 53.0 Å². The largest absolute Gasteiger partial charge is 0.369 e. The summed E-state index contributed by atoms with van der Waals surface area (Å²) in [6.45, 7) is 6.18. The highest BCUT2D eigenvalue weighted by Crippen LogP contribution is 2.49. The zero-order valence-electron chi connectivity index (χ0n) is 11.2. The minimum absolute atomic E-state index is 0.197. The number of nitrogens with two attached hydrogens (primary N) is 1. The SMILES string of the molecule is CC(C)c1cc(F)cc(C2CC2C)c1CC(N)=O. The van der Waals surface area contributed by atoms with E-state index in [1.165, 1.54) is 0 Å². The van der Waals surface area contributed by atoms with Crippen LogP contribution in [0.15, 0.2) is 12.1 Å². The van der Waals surface area contributed by atoms with Crippen LogP contribution in [0.5, 0.6) is 0 Å². The fourth-order valence-electron chi connectivity index (χ4n) is 2.66. The molecule has 2 N–H and O–H groups in total. The van der Waals surface area contributed by atoms with Gasteiger partial charge in [-0.3, -0.25) is 4.79 Å². The number of rotatable bonds is 4. The molecule has 3 heteroatoms. The number of carbonyl (C=O) groups is 1. The van der Waals surface area contributed by atoms with Crippen LogP contribution in [-0.2, 0) is 11.2 Å². The van der Waals surface area contributed by atoms with Crippen molar-refractivity contribution in [3.05, 3.63) is 34.6 Å². The van der Waals surface area contributed by atoms with Crippen molar-refractivity contribution in [2.24, 2.45) is 11.7 Å². The first-order valence-electron chi connectivity index (χ1n) is 6.50. The van der Waals surface area contributed by atoms with Gasteiger partial charge in [-0.1, -0.05) is 20.8 Å². The molecule has 98 valence electrons. The first-order chi connectivity index (χ1) is 8.40. The van der Waals surface area contributed by atoms with Crippen LogP contribution in [0.4, 0.5) is 4.39 Å². The van der Waals surface area contributed by atoms with Gasteiger partial charge in [-0.25, -0.2) is 4.39 Å². The van der Waals surface area contributed by atoms with E-state index in [1.54, 1.807) is 12.1 Å². The van der Waals surface area contributed by atoms with Crippen LogP contribution in [0.1, 0.15) is 55.7 Å². The summed E-state index contributed by atoms with van der Waals surface area (Å²) in [5.74, 6) is 0.618. The molecule has 1 aromatic carbocycles. The fraction of sp³-hybridized carbons (Fsp3) is 0.533. The average molecular weight is 249 g/mol. The zero-order chi connectivity index (χ0) is 13.4. The Labute approximate surface area is 107 Å². The Kier molecular flexibility index (Phi) is 3.42. The fourth-order valence-corrected chi connectivity index (χ4v) is 2.66. The molecule has 1 amide bonds. The molecule has 0 spiro atoms. The Morgan fingerprint density at radius 3 is 2.56 bits per heavy atom. The minimum Gasteiger partial charge on any atom is -0.369 e. The number of halogens is 1. The molecule has 1 aromatic rings. The molecule has 0 bridgehead atoms. The van der Waals surface area contributed by atoms with Crippen molar-refractivity contribution in [3.8, 4) is 0 Å². The highest BCUT2D eigenvalue weighted by atomic mass is 19.1. The number of carbonyl (C=O) groups excluding carboxylic acids is 1. The van der Waals surface area contributed by atoms with E-state index in [4.69, 9.17) is 5.73 Å². The smallest absolute Gasteiger partial charge is 0.221 e. The van der Waals surface area contributed by atoms with Crippen molar-refractivity contribution < 1.29 is 9.18 Å². The van der Waals surface area contributed by atoms with E-state index < -0.39 is 0 Å². The van der Waals surface area contributed by atoms with Gasteiger partial charge in [0.25, 0.3) is 0 Å². The van der Waals surface area contributed by atoms with Crippen molar-refractivity contribution in [2.45, 2.75) is 45.4 Å². The van der Waals surface area contributed by atoms with Crippen LogP contribution >= 0.6 is 0 Å². The molecule has 0 saturated heterocycles. The van der Waals surface area contributed by atoms with Gasteiger partial charge in [-0.2, -0.15) is 0 Å². The predicted molar refractivity (Wildman–Crippen MR) is 69.9 cm³/mol. The zero-order valence-corrected chi connectivity index (χ0v) is 11.2. The number of hydrogen-bond acceptors (Lipinski definition) is 1. The molecular weight excluding hydrogens is 229 g/mol. The summed E-state index contributed by atoms with van der Waals surface area (Å²) in [5.41, 5.74) is 8.19. The highest BCUT2D eigenvalue weighted by Gasteiger charge is 2.36. The van der Waals surface area contributed by atoms with Gasteiger partial charge >= 0.3 is 0 Å². The molecule has 1 aliphatic rings. The van der Waals surface area contributed by atoms with Crippen molar-refractivity contribution >= 4 is 5.91 Å². The van der Waals surface area contributed by atoms with Crippen LogP contribution in [0.2, 0.25) is 0 Å². The van der Waals surface area contributed by atoms with E-state index in [0.29, 0.717) is 11.8 Å². The Morgan fingerprint density at radius 2 is 2.11 bits per heavy atom. The van der Waals surface area contributed by atoms with E-state index in [0.717, 1.165) is 23.1 Å². The molecule has 18 heavy (non-hydrogen) atoms. The maximum atomic E-state index is 13.7. The molecule has 0 aromatic heterocycles. The van der Waals surface area contributed by atoms with Gasteiger partial charge in [0, 0.05) is 0 Å². The summed E-state index contributed by atoms with van der Waals surface area (Å²) in [5, 5.41) is 0. The topological polar surface area (TPSA) is 43.1 Å². The van der Waals surface area contributed by atoms with Gasteiger partial charge in [-0.15, -0.1) is 0 Å². The molecule has 2 unspecified atom stereocenters. The molecule has 2 atom stereocenters. The summed E-state index contributed by atoms with van der Waals surface area (Å²) in [4.78, 5) is 11.2. The van der Waals surface area contributed by atoms with Crippen molar-refractivity contribution in [1.82, 2.24) is 0 Å². The summed E-state index contributed by atoms with van der Waals surface area (Å²) in [7, 11) is 0. The average Bonchev–Trinajstić information content (AvgIpc) is 2.96.